The van der Waals surface area contributed by atoms with Gasteiger partial charge in [-0.05, 0) is 50.5 Å². The number of hydrogen-bond acceptors (Lipinski definition) is 4. The van der Waals surface area contributed by atoms with Crippen LogP contribution in [0.25, 0.3) is 0 Å². The number of rotatable bonds is 5. The Morgan fingerprint density at radius 2 is 2.14 bits per heavy atom. The summed E-state index contributed by atoms with van der Waals surface area (Å²) < 4.78 is 32.3. The second kappa shape index (κ2) is 6.66. The first-order valence-corrected chi connectivity index (χ1v) is 8.86. The van der Waals surface area contributed by atoms with Crippen LogP contribution in [0.5, 0.6) is 5.75 Å². The highest BCUT2D eigenvalue weighted by atomic mass is 32.2. The van der Waals surface area contributed by atoms with Gasteiger partial charge in [0, 0.05) is 6.54 Å². The second-order valence-electron chi connectivity index (χ2n) is 5.39. The number of nitrogens with zero attached hydrogens (tertiary/aromatic N) is 1. The number of ether oxygens (including phenoxy) is 1. The lowest BCUT2D eigenvalue weighted by molar-refractivity contribution is -0.122. The van der Waals surface area contributed by atoms with Gasteiger partial charge in [0.05, 0.1) is 11.5 Å². The maximum absolute atomic E-state index is 12.8. The Labute approximate surface area is 131 Å². The van der Waals surface area contributed by atoms with Crippen molar-refractivity contribution < 1.29 is 17.9 Å². The minimum absolute atomic E-state index is 0.168. The first-order chi connectivity index (χ1) is 10.4. The van der Waals surface area contributed by atoms with Gasteiger partial charge in [0.1, 0.15) is 11.8 Å². The fraction of sp³-hybridized carbons (Fsp3) is 0.533. The van der Waals surface area contributed by atoms with Crippen LogP contribution in [0.2, 0.25) is 0 Å². The van der Waals surface area contributed by atoms with Crippen LogP contribution in [0.1, 0.15) is 31.7 Å². The first-order valence-electron chi connectivity index (χ1n) is 7.42. The largest absolute Gasteiger partial charge is 0.494 e. The number of aryl methyl sites for hydroxylation is 1. The molecule has 1 atom stereocenters. The minimum atomic E-state index is -3.73. The maximum atomic E-state index is 12.8. The van der Waals surface area contributed by atoms with Crippen molar-refractivity contribution in [1.82, 2.24) is 4.31 Å². The molecule has 0 unspecified atom stereocenters. The molecule has 1 aliphatic rings. The number of nitrogens with two attached hydrogens (primary N) is 1. The van der Waals surface area contributed by atoms with E-state index in [1.807, 2.05) is 6.92 Å². The summed E-state index contributed by atoms with van der Waals surface area (Å²) >= 11 is 0. The number of piperidine rings is 1. The highest BCUT2D eigenvalue weighted by molar-refractivity contribution is 7.89. The number of carbonyl (C=O) groups excluding carboxylic acids is 1. The Morgan fingerprint density at radius 1 is 1.41 bits per heavy atom. The molecule has 1 aliphatic heterocycles. The predicted octanol–water partition coefficient (Wildman–Crippen LogP) is 1.42. The van der Waals surface area contributed by atoms with Crippen molar-refractivity contribution in [1.29, 1.82) is 0 Å². The van der Waals surface area contributed by atoms with E-state index in [1.165, 1.54) is 10.4 Å². The highest BCUT2D eigenvalue weighted by Crippen LogP contribution is 2.28. The van der Waals surface area contributed by atoms with Crippen LogP contribution >= 0.6 is 0 Å². The Bertz CT molecular complexity index is 658. The first kappa shape index (κ1) is 16.8. The average molecular weight is 326 g/mol. The van der Waals surface area contributed by atoms with E-state index >= 15 is 0 Å². The summed E-state index contributed by atoms with van der Waals surface area (Å²) in [5, 5.41) is 0. The van der Waals surface area contributed by atoms with Crippen molar-refractivity contribution in [2.45, 2.75) is 44.0 Å². The van der Waals surface area contributed by atoms with Gasteiger partial charge in [-0.15, -0.1) is 0 Å². The zero-order valence-electron chi connectivity index (χ0n) is 12.9. The summed E-state index contributed by atoms with van der Waals surface area (Å²) in [6.07, 6.45) is 2.02. The fourth-order valence-electron chi connectivity index (χ4n) is 2.71. The Balaban J connectivity index is 2.36. The van der Waals surface area contributed by atoms with E-state index in [0.29, 0.717) is 25.3 Å². The van der Waals surface area contributed by atoms with Gasteiger partial charge >= 0.3 is 0 Å². The van der Waals surface area contributed by atoms with Gasteiger partial charge in [0.2, 0.25) is 15.9 Å². The quantitative estimate of drug-likeness (QED) is 0.886. The summed E-state index contributed by atoms with van der Waals surface area (Å²) in [5.74, 6) is 0.0671. The summed E-state index contributed by atoms with van der Waals surface area (Å²) in [7, 11) is -3.73. The standard InChI is InChI=1S/C15H22N2O4S/c1-3-21-14-8-7-12(10-11(14)2)22(19,20)17-9-5-4-6-13(17)15(16)18/h7-8,10,13H,3-6,9H2,1-2H3,(H2,16,18)/t13-/m1/s1. The number of hydrogen-bond donors (Lipinski definition) is 1. The van der Waals surface area contributed by atoms with Crippen molar-refractivity contribution in [2.75, 3.05) is 13.2 Å². The molecule has 1 aromatic carbocycles. The maximum Gasteiger partial charge on any atom is 0.243 e. The molecule has 22 heavy (non-hydrogen) atoms. The third-order valence-electron chi connectivity index (χ3n) is 3.83. The minimum Gasteiger partial charge on any atom is -0.494 e. The zero-order chi connectivity index (χ0) is 16.3. The van der Waals surface area contributed by atoms with Crippen LogP contribution in [-0.2, 0) is 14.8 Å². The molecule has 2 rings (SSSR count). The summed E-state index contributed by atoms with van der Waals surface area (Å²) in [6.45, 7) is 4.51. The van der Waals surface area contributed by atoms with E-state index in [1.54, 1.807) is 19.1 Å². The van der Waals surface area contributed by atoms with E-state index in [-0.39, 0.29) is 4.90 Å². The summed E-state index contributed by atoms with van der Waals surface area (Å²) in [6, 6.07) is 3.98. The smallest absolute Gasteiger partial charge is 0.243 e. The van der Waals surface area contributed by atoms with Gasteiger partial charge < -0.3 is 10.5 Å². The molecular formula is C15H22N2O4S. The molecule has 0 radical (unpaired) electrons. The third-order valence-corrected chi connectivity index (χ3v) is 5.74. The van der Waals surface area contributed by atoms with Crippen LogP contribution in [0, 0.1) is 6.92 Å². The highest BCUT2D eigenvalue weighted by Gasteiger charge is 2.36. The van der Waals surface area contributed by atoms with Crippen molar-refractivity contribution in [2.24, 2.45) is 5.73 Å². The van der Waals surface area contributed by atoms with Gasteiger partial charge in [0.25, 0.3) is 0 Å². The molecule has 0 aromatic heterocycles. The number of sulfonamides is 1. The van der Waals surface area contributed by atoms with Gasteiger partial charge in [-0.1, -0.05) is 6.42 Å². The molecule has 2 N–H and O–H groups in total. The fourth-order valence-corrected chi connectivity index (χ4v) is 4.46. The Hall–Kier alpha value is -1.60. The average Bonchev–Trinajstić information content (AvgIpc) is 2.49. The van der Waals surface area contributed by atoms with Crippen molar-refractivity contribution in [3.05, 3.63) is 23.8 Å². The second-order valence-corrected chi connectivity index (χ2v) is 7.28. The number of benzene rings is 1. The number of amides is 1. The van der Waals surface area contributed by atoms with Crippen molar-refractivity contribution in [3.8, 4) is 5.75 Å². The zero-order valence-corrected chi connectivity index (χ0v) is 13.7. The molecule has 0 bridgehead atoms. The van der Waals surface area contributed by atoms with Gasteiger partial charge in [-0.2, -0.15) is 4.31 Å². The normalized spacial score (nSPS) is 19.8. The molecule has 1 heterocycles. The molecule has 1 amide bonds. The van der Waals surface area contributed by atoms with E-state index in [9.17, 15) is 13.2 Å². The molecule has 1 fully saturated rings. The van der Waals surface area contributed by atoms with Crippen LogP contribution in [-0.4, -0.2) is 37.8 Å². The van der Waals surface area contributed by atoms with Crippen LogP contribution in [0.15, 0.2) is 23.1 Å². The van der Waals surface area contributed by atoms with Crippen molar-refractivity contribution >= 4 is 15.9 Å². The van der Waals surface area contributed by atoms with E-state index in [4.69, 9.17) is 10.5 Å². The van der Waals surface area contributed by atoms with E-state index < -0.39 is 22.0 Å². The van der Waals surface area contributed by atoms with E-state index in [0.717, 1.165) is 18.4 Å². The molecule has 122 valence electrons. The summed E-state index contributed by atoms with van der Waals surface area (Å²) in [5.41, 5.74) is 6.11. The molecule has 1 saturated heterocycles. The van der Waals surface area contributed by atoms with Crippen LogP contribution < -0.4 is 10.5 Å². The Morgan fingerprint density at radius 3 is 2.73 bits per heavy atom. The van der Waals surface area contributed by atoms with Crippen LogP contribution in [0.4, 0.5) is 0 Å². The molecule has 0 saturated carbocycles. The SMILES string of the molecule is CCOc1ccc(S(=O)(=O)N2CCCC[C@@H]2C(N)=O)cc1C. The van der Waals surface area contributed by atoms with Crippen LogP contribution in [0.3, 0.4) is 0 Å². The lowest BCUT2D eigenvalue weighted by atomic mass is 10.0. The molecule has 7 heteroatoms. The monoisotopic (exact) mass is 326 g/mol. The van der Waals surface area contributed by atoms with Gasteiger partial charge in [-0.3, -0.25) is 4.79 Å². The summed E-state index contributed by atoms with van der Waals surface area (Å²) in [4.78, 5) is 11.7. The molecule has 6 nitrogen and oxygen atoms in total. The lowest BCUT2D eigenvalue weighted by Gasteiger charge is -2.32. The molecule has 1 aromatic rings. The molecule has 0 spiro atoms. The van der Waals surface area contributed by atoms with E-state index in [2.05, 4.69) is 0 Å². The van der Waals surface area contributed by atoms with Crippen molar-refractivity contribution in [3.63, 3.8) is 0 Å². The topological polar surface area (TPSA) is 89.7 Å². The number of primary amides is 1. The van der Waals surface area contributed by atoms with Gasteiger partial charge in [0.15, 0.2) is 0 Å². The third kappa shape index (κ3) is 3.25. The Kier molecular flexibility index (Phi) is 5.08. The lowest BCUT2D eigenvalue weighted by Crippen LogP contribution is -2.50. The molecule has 0 aliphatic carbocycles. The predicted molar refractivity (Wildman–Crippen MR) is 83.1 cm³/mol. The molecular weight excluding hydrogens is 304 g/mol. The van der Waals surface area contributed by atoms with Gasteiger partial charge in [-0.25, -0.2) is 8.42 Å². The number of carbonyl (C=O) groups is 1.